The molecule has 1 saturated heterocycles. The van der Waals surface area contributed by atoms with Crippen molar-refractivity contribution in [1.82, 2.24) is 0 Å². The van der Waals surface area contributed by atoms with Crippen LogP contribution < -0.4 is 19.3 Å². The molecule has 3 aromatic rings. The van der Waals surface area contributed by atoms with Crippen molar-refractivity contribution < 1.29 is 14.3 Å². The molecule has 0 unspecified atom stereocenters. The molecule has 1 aliphatic heterocycles. The number of thiocarbonyl (C=S) groups is 1. The number of hydrogen-bond acceptors (Lipinski definition) is 6. The van der Waals surface area contributed by atoms with E-state index in [0.29, 0.717) is 44.0 Å². The number of hydrogen-bond donors (Lipinski definition) is 0. The Hall–Kier alpha value is -2.71. The van der Waals surface area contributed by atoms with Gasteiger partial charge in [-0.1, -0.05) is 59.3 Å². The molecule has 1 aliphatic rings. The number of benzene rings is 3. The molecule has 4 rings (SSSR count). The summed E-state index contributed by atoms with van der Waals surface area (Å²) in [5, 5.41) is 0.972. The number of carbonyl (C=O) groups excluding carboxylic acids is 1. The van der Waals surface area contributed by atoms with Gasteiger partial charge in [0, 0.05) is 19.8 Å². The molecule has 5 nitrogen and oxygen atoms in total. The van der Waals surface area contributed by atoms with Crippen LogP contribution in [0, 0.1) is 0 Å². The van der Waals surface area contributed by atoms with Crippen molar-refractivity contribution in [3.05, 3.63) is 86.7 Å². The predicted molar refractivity (Wildman–Crippen MR) is 155 cm³/mol. The van der Waals surface area contributed by atoms with Gasteiger partial charge in [-0.3, -0.25) is 9.69 Å². The lowest BCUT2D eigenvalue weighted by atomic mass is 10.1. The number of thioether (sulfide) groups is 1. The number of ether oxygens (including phenoxy) is 2. The standard InChI is InChI=1S/C27H24Cl2N2O3S2/c1-4-33-24-14-17(6-12-23(24)34-16-18-5-11-21(28)22(29)13-18)15-25-26(32)31(27(35)36-25)20-9-7-19(8-10-20)30(2)3/h5-15H,4,16H2,1-3H3/b25-15+. The molecule has 9 heteroatoms. The van der Waals surface area contributed by atoms with Crippen LogP contribution in [0.2, 0.25) is 10.0 Å². The maximum Gasteiger partial charge on any atom is 0.270 e. The number of amides is 1. The summed E-state index contributed by atoms with van der Waals surface area (Å²) in [4.78, 5) is 17.3. The van der Waals surface area contributed by atoms with Gasteiger partial charge in [0.2, 0.25) is 0 Å². The third-order valence-corrected chi connectivity index (χ3v) is 7.40. The molecule has 1 fully saturated rings. The summed E-state index contributed by atoms with van der Waals surface area (Å²) in [7, 11) is 3.94. The fourth-order valence-electron chi connectivity index (χ4n) is 3.53. The second-order valence-electron chi connectivity index (χ2n) is 8.10. The molecule has 36 heavy (non-hydrogen) atoms. The summed E-state index contributed by atoms with van der Waals surface area (Å²) >= 11 is 18.9. The molecule has 0 radical (unpaired) electrons. The molecule has 0 spiro atoms. The smallest absolute Gasteiger partial charge is 0.270 e. The van der Waals surface area contributed by atoms with E-state index in [2.05, 4.69) is 0 Å². The molecule has 1 heterocycles. The zero-order valence-corrected chi connectivity index (χ0v) is 23.1. The molecular formula is C27H24Cl2N2O3S2. The third-order valence-electron chi connectivity index (χ3n) is 5.36. The minimum Gasteiger partial charge on any atom is -0.490 e. The molecule has 0 aliphatic carbocycles. The van der Waals surface area contributed by atoms with E-state index in [4.69, 9.17) is 44.9 Å². The lowest BCUT2D eigenvalue weighted by Gasteiger charge is -2.17. The Bertz CT molecular complexity index is 1330. The van der Waals surface area contributed by atoms with Crippen molar-refractivity contribution >= 4 is 74.9 Å². The van der Waals surface area contributed by atoms with Crippen LogP contribution in [0.4, 0.5) is 11.4 Å². The number of anilines is 2. The Morgan fingerprint density at radius 3 is 2.39 bits per heavy atom. The van der Waals surface area contributed by atoms with E-state index in [9.17, 15) is 4.79 Å². The van der Waals surface area contributed by atoms with Gasteiger partial charge in [-0.15, -0.1) is 0 Å². The lowest BCUT2D eigenvalue weighted by Crippen LogP contribution is -2.27. The molecule has 0 bridgehead atoms. The number of halogens is 2. The van der Waals surface area contributed by atoms with E-state index < -0.39 is 0 Å². The van der Waals surface area contributed by atoms with Gasteiger partial charge >= 0.3 is 0 Å². The van der Waals surface area contributed by atoms with E-state index in [1.807, 2.05) is 80.5 Å². The SMILES string of the molecule is CCOc1cc(/C=C2/SC(=S)N(c3ccc(N(C)C)cc3)C2=O)ccc1OCc1ccc(Cl)c(Cl)c1. The molecule has 0 atom stereocenters. The first-order valence-electron chi connectivity index (χ1n) is 11.2. The van der Waals surface area contributed by atoms with E-state index in [-0.39, 0.29) is 5.91 Å². The first kappa shape index (κ1) is 26.4. The van der Waals surface area contributed by atoms with Gasteiger partial charge in [0.1, 0.15) is 6.61 Å². The fourth-order valence-corrected chi connectivity index (χ4v) is 5.15. The number of nitrogens with zero attached hydrogens (tertiary/aromatic N) is 2. The van der Waals surface area contributed by atoms with Crippen LogP contribution in [-0.4, -0.2) is 30.9 Å². The van der Waals surface area contributed by atoms with E-state index in [1.165, 1.54) is 11.8 Å². The van der Waals surface area contributed by atoms with Crippen LogP contribution in [0.15, 0.2) is 65.6 Å². The van der Waals surface area contributed by atoms with Crippen LogP contribution in [0.3, 0.4) is 0 Å². The van der Waals surface area contributed by atoms with E-state index in [0.717, 1.165) is 22.5 Å². The van der Waals surface area contributed by atoms with Crippen LogP contribution >= 0.6 is 47.2 Å². The van der Waals surface area contributed by atoms with Gasteiger partial charge < -0.3 is 14.4 Å². The summed E-state index contributed by atoms with van der Waals surface area (Å²) in [6.45, 7) is 2.68. The lowest BCUT2D eigenvalue weighted by molar-refractivity contribution is -0.113. The zero-order valence-electron chi connectivity index (χ0n) is 20.0. The van der Waals surface area contributed by atoms with Crippen molar-refractivity contribution in [2.75, 3.05) is 30.5 Å². The van der Waals surface area contributed by atoms with Crippen molar-refractivity contribution in [3.8, 4) is 11.5 Å². The molecular weight excluding hydrogens is 535 g/mol. The summed E-state index contributed by atoms with van der Waals surface area (Å²) < 4.78 is 12.3. The van der Waals surface area contributed by atoms with E-state index in [1.54, 1.807) is 17.0 Å². The molecule has 1 amide bonds. The van der Waals surface area contributed by atoms with Crippen LogP contribution in [0.25, 0.3) is 6.08 Å². The van der Waals surface area contributed by atoms with Crippen molar-refractivity contribution in [1.29, 1.82) is 0 Å². The first-order chi connectivity index (χ1) is 17.3. The largest absolute Gasteiger partial charge is 0.490 e. The van der Waals surface area contributed by atoms with Gasteiger partial charge in [0.25, 0.3) is 5.91 Å². The van der Waals surface area contributed by atoms with Gasteiger partial charge in [0.15, 0.2) is 15.8 Å². The monoisotopic (exact) mass is 558 g/mol. The van der Waals surface area contributed by atoms with Crippen molar-refractivity contribution in [2.45, 2.75) is 13.5 Å². The minimum absolute atomic E-state index is 0.152. The summed E-state index contributed by atoms with van der Waals surface area (Å²) in [5.41, 5.74) is 3.49. The average molecular weight is 560 g/mol. The van der Waals surface area contributed by atoms with Gasteiger partial charge in [-0.25, -0.2) is 0 Å². The first-order valence-corrected chi connectivity index (χ1v) is 13.1. The second-order valence-corrected chi connectivity index (χ2v) is 10.6. The summed E-state index contributed by atoms with van der Waals surface area (Å²) in [5.74, 6) is 1.02. The number of carbonyl (C=O) groups is 1. The van der Waals surface area contributed by atoms with Crippen LogP contribution in [-0.2, 0) is 11.4 Å². The third kappa shape index (κ3) is 5.98. The molecule has 0 N–H and O–H groups in total. The molecule has 186 valence electrons. The fraction of sp³-hybridized carbons (Fsp3) is 0.185. The topological polar surface area (TPSA) is 42.0 Å². The highest BCUT2D eigenvalue weighted by atomic mass is 35.5. The zero-order chi connectivity index (χ0) is 25.8. The Labute approximate surface area is 230 Å². The van der Waals surface area contributed by atoms with Gasteiger partial charge in [-0.05, 0) is 72.7 Å². The maximum atomic E-state index is 13.2. The highest BCUT2D eigenvalue weighted by Crippen LogP contribution is 2.38. The van der Waals surface area contributed by atoms with Crippen molar-refractivity contribution in [2.24, 2.45) is 0 Å². The highest BCUT2D eigenvalue weighted by molar-refractivity contribution is 8.27. The summed E-state index contributed by atoms with van der Waals surface area (Å²) in [6.07, 6.45) is 1.82. The van der Waals surface area contributed by atoms with Gasteiger partial charge in [0.05, 0.1) is 27.2 Å². The summed E-state index contributed by atoms with van der Waals surface area (Å²) in [6, 6.07) is 18.7. The highest BCUT2D eigenvalue weighted by Gasteiger charge is 2.33. The molecule has 0 saturated carbocycles. The Morgan fingerprint density at radius 2 is 1.72 bits per heavy atom. The predicted octanol–water partition coefficient (Wildman–Crippen LogP) is 7.44. The maximum absolute atomic E-state index is 13.2. The van der Waals surface area contributed by atoms with E-state index >= 15 is 0 Å². The Balaban J connectivity index is 1.53. The van der Waals surface area contributed by atoms with Gasteiger partial charge in [-0.2, -0.15) is 0 Å². The Kier molecular flexibility index (Phi) is 8.46. The minimum atomic E-state index is -0.152. The average Bonchev–Trinajstić information content (AvgIpc) is 3.13. The normalized spacial score (nSPS) is 14.5. The van der Waals surface area contributed by atoms with Crippen LogP contribution in [0.1, 0.15) is 18.1 Å². The Morgan fingerprint density at radius 1 is 0.972 bits per heavy atom. The molecule has 0 aromatic heterocycles. The molecule has 3 aromatic carbocycles. The quantitative estimate of drug-likeness (QED) is 0.211. The number of rotatable bonds is 8. The second kappa shape index (κ2) is 11.6. The van der Waals surface area contributed by atoms with Crippen LogP contribution in [0.5, 0.6) is 11.5 Å². The van der Waals surface area contributed by atoms with Crippen molar-refractivity contribution in [3.63, 3.8) is 0 Å².